The van der Waals surface area contributed by atoms with E-state index < -0.39 is 5.91 Å². The van der Waals surface area contributed by atoms with Gasteiger partial charge >= 0.3 is 0 Å². The summed E-state index contributed by atoms with van der Waals surface area (Å²) in [5.41, 5.74) is 1.36. The van der Waals surface area contributed by atoms with Crippen molar-refractivity contribution in [1.82, 2.24) is 10.2 Å². The summed E-state index contributed by atoms with van der Waals surface area (Å²) in [6.45, 7) is 1.85. The van der Waals surface area contributed by atoms with Crippen molar-refractivity contribution in [3.8, 4) is 5.75 Å². The molecule has 170 valence electrons. The summed E-state index contributed by atoms with van der Waals surface area (Å²) in [6.07, 6.45) is 0.325. The molecule has 1 atom stereocenters. The topological polar surface area (TPSA) is 114 Å². The summed E-state index contributed by atoms with van der Waals surface area (Å²) < 4.78 is 5.29. The SMILES string of the molecule is COc1cc(NC(C)=O)c(Cl)cc1C(=O)Nc1nnc([C@@H]2CC(=O)N(c3ccccc3)C2)s1. The van der Waals surface area contributed by atoms with E-state index in [1.807, 2.05) is 30.3 Å². The third kappa shape index (κ3) is 4.96. The number of halogens is 1. The van der Waals surface area contributed by atoms with Gasteiger partial charge in [-0.1, -0.05) is 41.1 Å². The Morgan fingerprint density at radius 1 is 1.18 bits per heavy atom. The zero-order valence-electron chi connectivity index (χ0n) is 17.8. The van der Waals surface area contributed by atoms with E-state index in [-0.39, 0.29) is 34.1 Å². The fourth-order valence-corrected chi connectivity index (χ4v) is 4.57. The standard InChI is InChI=1S/C22H20ClN5O4S/c1-12(29)24-17-10-18(32-2)15(9-16(17)23)20(31)25-22-27-26-21(33-22)13-8-19(30)28(11-13)14-6-4-3-5-7-14/h3-7,9-10,13H,8,11H2,1-2H3,(H,24,29)(H,25,27,31)/t13-/m1/s1. The molecule has 2 heterocycles. The number of nitrogens with one attached hydrogen (secondary N) is 2. The molecule has 3 aromatic rings. The molecule has 4 rings (SSSR count). The average Bonchev–Trinajstić information content (AvgIpc) is 3.41. The Morgan fingerprint density at radius 3 is 2.64 bits per heavy atom. The van der Waals surface area contributed by atoms with Crippen LogP contribution in [0.15, 0.2) is 42.5 Å². The number of methoxy groups -OCH3 is 1. The summed E-state index contributed by atoms with van der Waals surface area (Å²) in [4.78, 5) is 38.4. The first kappa shape index (κ1) is 22.7. The summed E-state index contributed by atoms with van der Waals surface area (Å²) in [6, 6.07) is 12.3. The first-order chi connectivity index (χ1) is 15.9. The van der Waals surface area contributed by atoms with Gasteiger partial charge < -0.3 is 15.0 Å². The van der Waals surface area contributed by atoms with Crippen molar-refractivity contribution in [2.75, 3.05) is 29.2 Å². The van der Waals surface area contributed by atoms with Crippen LogP contribution in [0, 0.1) is 0 Å². The second kappa shape index (κ2) is 9.55. The van der Waals surface area contributed by atoms with Crippen LogP contribution < -0.4 is 20.3 Å². The minimum absolute atomic E-state index is 0.0191. The number of hydrogen-bond acceptors (Lipinski definition) is 7. The zero-order valence-corrected chi connectivity index (χ0v) is 19.4. The molecule has 0 radical (unpaired) electrons. The molecule has 0 saturated carbocycles. The fourth-order valence-electron chi connectivity index (χ4n) is 3.53. The van der Waals surface area contributed by atoms with E-state index in [0.29, 0.717) is 28.8 Å². The lowest BCUT2D eigenvalue weighted by Crippen LogP contribution is -2.24. The van der Waals surface area contributed by atoms with Gasteiger partial charge in [-0.25, -0.2) is 0 Å². The average molecular weight is 486 g/mol. The van der Waals surface area contributed by atoms with Gasteiger partial charge in [-0.3, -0.25) is 19.7 Å². The Kier molecular flexibility index (Phi) is 6.57. The number of carbonyl (C=O) groups excluding carboxylic acids is 3. The van der Waals surface area contributed by atoms with Crippen molar-refractivity contribution in [3.05, 3.63) is 58.1 Å². The lowest BCUT2D eigenvalue weighted by molar-refractivity contribution is -0.117. The highest BCUT2D eigenvalue weighted by atomic mass is 35.5. The first-order valence-electron chi connectivity index (χ1n) is 10.0. The maximum absolute atomic E-state index is 12.8. The number of amides is 3. The maximum atomic E-state index is 12.8. The van der Waals surface area contributed by atoms with E-state index in [9.17, 15) is 14.4 Å². The highest BCUT2D eigenvalue weighted by molar-refractivity contribution is 7.15. The Labute approximate surface area is 198 Å². The summed E-state index contributed by atoms with van der Waals surface area (Å²) in [5, 5.41) is 14.7. The van der Waals surface area contributed by atoms with E-state index in [4.69, 9.17) is 16.3 Å². The molecule has 0 unspecified atom stereocenters. The highest BCUT2D eigenvalue weighted by Gasteiger charge is 2.34. The molecule has 2 aromatic carbocycles. The van der Waals surface area contributed by atoms with E-state index >= 15 is 0 Å². The number of para-hydroxylation sites is 1. The van der Waals surface area contributed by atoms with Crippen molar-refractivity contribution in [3.63, 3.8) is 0 Å². The number of nitrogens with zero attached hydrogens (tertiary/aromatic N) is 3. The van der Waals surface area contributed by atoms with Crippen LogP contribution in [-0.4, -0.2) is 41.6 Å². The van der Waals surface area contributed by atoms with Gasteiger partial charge in [0.1, 0.15) is 10.8 Å². The Bertz CT molecular complexity index is 1220. The number of carbonyl (C=O) groups is 3. The van der Waals surface area contributed by atoms with Gasteiger partial charge in [0.25, 0.3) is 5.91 Å². The van der Waals surface area contributed by atoms with Gasteiger partial charge in [-0.2, -0.15) is 0 Å². The Morgan fingerprint density at radius 2 is 1.94 bits per heavy atom. The number of rotatable bonds is 6. The van der Waals surface area contributed by atoms with Gasteiger partial charge in [0.2, 0.25) is 16.9 Å². The molecule has 11 heteroatoms. The second-order valence-corrected chi connectivity index (χ2v) is 8.77. The van der Waals surface area contributed by atoms with Crippen LogP contribution in [0.4, 0.5) is 16.5 Å². The van der Waals surface area contributed by atoms with Crippen molar-refractivity contribution in [2.24, 2.45) is 0 Å². The van der Waals surface area contributed by atoms with Crippen molar-refractivity contribution >= 4 is 57.2 Å². The molecule has 1 aliphatic heterocycles. The van der Waals surface area contributed by atoms with Gasteiger partial charge in [-0.05, 0) is 18.2 Å². The lowest BCUT2D eigenvalue weighted by Gasteiger charge is -2.15. The van der Waals surface area contributed by atoms with Crippen LogP contribution in [0.25, 0.3) is 0 Å². The van der Waals surface area contributed by atoms with Gasteiger partial charge in [0.15, 0.2) is 0 Å². The lowest BCUT2D eigenvalue weighted by atomic mass is 10.1. The molecule has 33 heavy (non-hydrogen) atoms. The van der Waals surface area contributed by atoms with E-state index in [2.05, 4.69) is 20.8 Å². The maximum Gasteiger partial charge on any atom is 0.261 e. The molecular formula is C22H20ClN5O4S. The normalized spacial score (nSPS) is 15.4. The molecule has 1 saturated heterocycles. The highest BCUT2D eigenvalue weighted by Crippen LogP contribution is 2.35. The molecule has 0 bridgehead atoms. The van der Waals surface area contributed by atoms with Crippen LogP contribution in [-0.2, 0) is 9.59 Å². The fraction of sp³-hybridized carbons (Fsp3) is 0.227. The van der Waals surface area contributed by atoms with Crippen LogP contribution in [0.5, 0.6) is 5.75 Å². The van der Waals surface area contributed by atoms with Crippen LogP contribution >= 0.6 is 22.9 Å². The molecule has 1 aromatic heterocycles. The number of benzene rings is 2. The number of anilines is 3. The molecule has 0 spiro atoms. The van der Waals surface area contributed by atoms with Crippen LogP contribution in [0.2, 0.25) is 5.02 Å². The minimum Gasteiger partial charge on any atom is -0.496 e. The Balaban J connectivity index is 1.48. The largest absolute Gasteiger partial charge is 0.496 e. The quantitative estimate of drug-likeness (QED) is 0.547. The van der Waals surface area contributed by atoms with Crippen molar-refractivity contribution in [1.29, 1.82) is 0 Å². The monoisotopic (exact) mass is 485 g/mol. The zero-order chi connectivity index (χ0) is 23.5. The predicted molar refractivity (Wildman–Crippen MR) is 126 cm³/mol. The molecule has 2 N–H and O–H groups in total. The van der Waals surface area contributed by atoms with Crippen molar-refractivity contribution < 1.29 is 19.1 Å². The molecule has 0 aliphatic carbocycles. The van der Waals surface area contributed by atoms with Gasteiger partial charge in [0, 0.05) is 37.6 Å². The summed E-state index contributed by atoms with van der Waals surface area (Å²) >= 11 is 7.42. The minimum atomic E-state index is -0.487. The molecule has 1 aliphatic rings. The first-order valence-corrected chi connectivity index (χ1v) is 11.2. The van der Waals surface area contributed by atoms with Gasteiger partial charge in [-0.15, -0.1) is 10.2 Å². The van der Waals surface area contributed by atoms with Gasteiger partial charge in [0.05, 0.1) is 23.4 Å². The number of aromatic nitrogens is 2. The summed E-state index contributed by atoms with van der Waals surface area (Å²) in [7, 11) is 1.41. The molecule has 9 nitrogen and oxygen atoms in total. The van der Waals surface area contributed by atoms with E-state index in [1.54, 1.807) is 4.90 Å². The van der Waals surface area contributed by atoms with E-state index in [0.717, 1.165) is 5.69 Å². The smallest absolute Gasteiger partial charge is 0.261 e. The van der Waals surface area contributed by atoms with E-state index in [1.165, 1.54) is 37.5 Å². The second-order valence-electron chi connectivity index (χ2n) is 7.35. The molecule has 1 fully saturated rings. The summed E-state index contributed by atoms with van der Waals surface area (Å²) in [5.74, 6) is -0.634. The third-order valence-corrected chi connectivity index (χ3v) is 6.36. The third-order valence-electron chi connectivity index (χ3n) is 5.05. The number of hydrogen-bond donors (Lipinski definition) is 2. The Hall–Kier alpha value is -3.50. The molecule has 3 amide bonds. The van der Waals surface area contributed by atoms with Crippen LogP contribution in [0.3, 0.4) is 0 Å². The van der Waals surface area contributed by atoms with Crippen molar-refractivity contribution in [2.45, 2.75) is 19.3 Å². The molecular weight excluding hydrogens is 466 g/mol. The number of ether oxygens (including phenoxy) is 1. The van der Waals surface area contributed by atoms with Crippen LogP contribution in [0.1, 0.15) is 34.6 Å². The predicted octanol–water partition coefficient (Wildman–Crippen LogP) is 3.93.